The minimum Gasteiger partial charge on any atom is -0.449 e. The van der Waals surface area contributed by atoms with Crippen LogP contribution in [0.15, 0.2) is 40.9 Å². The van der Waals surface area contributed by atoms with E-state index in [0.717, 1.165) is 5.56 Å². The second-order valence-electron chi connectivity index (χ2n) is 6.46. The van der Waals surface area contributed by atoms with Gasteiger partial charge in [-0.2, -0.15) is 0 Å². The molecule has 0 aliphatic heterocycles. The zero-order valence-corrected chi connectivity index (χ0v) is 16.2. The second kappa shape index (κ2) is 8.51. The minimum atomic E-state index is -1.19. The van der Waals surface area contributed by atoms with E-state index in [2.05, 4.69) is 20.8 Å². The van der Waals surface area contributed by atoms with Crippen LogP contribution in [0.3, 0.4) is 0 Å². The van der Waals surface area contributed by atoms with Gasteiger partial charge in [0.2, 0.25) is 0 Å². The number of esters is 1. The largest absolute Gasteiger partial charge is 0.449 e. The number of benzene rings is 1. The van der Waals surface area contributed by atoms with Crippen molar-refractivity contribution in [3.05, 3.63) is 58.9 Å². The first-order valence-electron chi connectivity index (χ1n) is 8.92. The van der Waals surface area contributed by atoms with Crippen LogP contribution in [0.4, 0.5) is 4.79 Å². The van der Waals surface area contributed by atoms with Crippen LogP contribution in [0.2, 0.25) is 0 Å². The molecule has 0 bridgehead atoms. The number of rotatable bonds is 5. The first-order chi connectivity index (χ1) is 13.8. The molecule has 150 valence electrons. The third-order valence-electron chi connectivity index (χ3n) is 4.15. The molecule has 1 aromatic carbocycles. The van der Waals surface area contributed by atoms with Crippen molar-refractivity contribution in [3.8, 4) is 0 Å². The van der Waals surface area contributed by atoms with E-state index in [0.29, 0.717) is 16.8 Å². The zero-order valence-electron chi connectivity index (χ0n) is 16.2. The number of nitrogens with zero attached hydrogens (tertiary/aromatic N) is 2. The summed E-state index contributed by atoms with van der Waals surface area (Å²) in [6.07, 6.45) is -1.19. The number of imide groups is 1. The number of fused-ring (bicyclic) bond motifs is 1. The summed E-state index contributed by atoms with van der Waals surface area (Å²) in [4.78, 5) is 40.8. The molecule has 2 aromatic heterocycles. The van der Waals surface area contributed by atoms with Crippen LogP contribution >= 0.6 is 0 Å². The first-order valence-corrected chi connectivity index (χ1v) is 8.92. The molecular formula is C20H20N4O5. The Bertz CT molecular complexity index is 1060. The van der Waals surface area contributed by atoms with E-state index in [4.69, 9.17) is 9.26 Å². The molecule has 0 saturated heterocycles. The fourth-order valence-corrected chi connectivity index (χ4v) is 2.69. The topological polar surface area (TPSA) is 123 Å². The number of hydrogen-bond acceptors (Lipinski definition) is 7. The van der Waals surface area contributed by atoms with Crippen molar-refractivity contribution in [1.29, 1.82) is 0 Å². The van der Waals surface area contributed by atoms with Gasteiger partial charge in [-0.1, -0.05) is 35.5 Å². The second-order valence-corrected chi connectivity index (χ2v) is 6.46. The van der Waals surface area contributed by atoms with Crippen LogP contribution in [0.1, 0.15) is 34.2 Å². The molecule has 2 heterocycles. The average Bonchev–Trinajstić information content (AvgIpc) is 3.06. The van der Waals surface area contributed by atoms with Gasteiger partial charge in [0, 0.05) is 12.2 Å². The number of ether oxygens (including phenoxy) is 1. The minimum absolute atomic E-state index is 0.194. The lowest BCUT2D eigenvalue weighted by Gasteiger charge is -2.14. The van der Waals surface area contributed by atoms with Gasteiger partial charge in [0.25, 0.3) is 11.6 Å². The summed E-state index contributed by atoms with van der Waals surface area (Å²) >= 11 is 0. The summed E-state index contributed by atoms with van der Waals surface area (Å²) in [6, 6.07) is 10.1. The molecule has 0 spiro atoms. The highest BCUT2D eigenvalue weighted by Gasteiger charge is 2.24. The van der Waals surface area contributed by atoms with Gasteiger partial charge < -0.3 is 14.6 Å². The average molecular weight is 396 g/mol. The number of nitrogens with one attached hydrogen (secondary N) is 2. The lowest BCUT2D eigenvalue weighted by molar-refractivity contribution is -0.127. The third kappa shape index (κ3) is 4.75. The van der Waals surface area contributed by atoms with Crippen LogP contribution in [-0.4, -0.2) is 34.2 Å². The van der Waals surface area contributed by atoms with Crippen molar-refractivity contribution in [2.24, 2.45) is 0 Å². The van der Waals surface area contributed by atoms with Crippen molar-refractivity contribution >= 4 is 29.0 Å². The monoisotopic (exact) mass is 396 g/mol. The molecule has 0 aliphatic carbocycles. The summed E-state index contributed by atoms with van der Waals surface area (Å²) in [6.45, 7) is 5.01. The Morgan fingerprint density at radius 1 is 1.17 bits per heavy atom. The Balaban J connectivity index is 1.60. The smallest absolute Gasteiger partial charge is 0.339 e. The number of urea groups is 1. The molecule has 29 heavy (non-hydrogen) atoms. The lowest BCUT2D eigenvalue weighted by Crippen LogP contribution is -2.44. The summed E-state index contributed by atoms with van der Waals surface area (Å²) in [5.74, 6) is -1.48. The highest BCUT2D eigenvalue weighted by atomic mass is 16.5. The van der Waals surface area contributed by atoms with Crippen LogP contribution in [0.25, 0.3) is 11.1 Å². The molecule has 9 heteroatoms. The van der Waals surface area contributed by atoms with Crippen molar-refractivity contribution in [2.75, 3.05) is 0 Å². The van der Waals surface area contributed by atoms with Crippen LogP contribution < -0.4 is 10.6 Å². The molecule has 3 rings (SSSR count). The molecule has 0 radical (unpaired) electrons. The zero-order chi connectivity index (χ0) is 21.0. The highest BCUT2D eigenvalue weighted by Crippen LogP contribution is 2.22. The van der Waals surface area contributed by atoms with Gasteiger partial charge in [0.1, 0.15) is 0 Å². The summed E-state index contributed by atoms with van der Waals surface area (Å²) in [5.41, 5.74) is 2.32. The predicted octanol–water partition coefficient (Wildman–Crippen LogP) is 2.41. The lowest BCUT2D eigenvalue weighted by atomic mass is 10.1. The maximum absolute atomic E-state index is 12.6. The molecule has 3 amide bonds. The maximum atomic E-state index is 12.6. The van der Waals surface area contributed by atoms with Gasteiger partial charge in [-0.3, -0.25) is 10.1 Å². The number of aromatic nitrogens is 2. The normalized spacial score (nSPS) is 11.7. The standard InChI is InChI=1S/C20H20N4O5/c1-11-9-15(16-12(2)24-29-18(16)22-11)19(26)28-13(3)17(25)23-20(27)21-10-14-7-5-4-6-8-14/h4-9,13H,10H2,1-3H3,(H2,21,23,25,27). The third-order valence-corrected chi connectivity index (χ3v) is 4.15. The molecular weight excluding hydrogens is 376 g/mol. The van der Waals surface area contributed by atoms with Crippen molar-refractivity contribution in [3.63, 3.8) is 0 Å². The highest BCUT2D eigenvalue weighted by molar-refractivity contribution is 6.04. The number of carbonyl (C=O) groups is 3. The summed E-state index contributed by atoms with van der Waals surface area (Å²) in [7, 11) is 0. The summed E-state index contributed by atoms with van der Waals surface area (Å²) in [5, 5.41) is 8.94. The van der Waals surface area contributed by atoms with Crippen LogP contribution in [0.5, 0.6) is 0 Å². The maximum Gasteiger partial charge on any atom is 0.339 e. The van der Waals surface area contributed by atoms with Crippen molar-refractivity contribution < 1.29 is 23.6 Å². The predicted molar refractivity (Wildman–Crippen MR) is 103 cm³/mol. The molecule has 1 atom stereocenters. The molecule has 0 aliphatic rings. The number of pyridine rings is 1. The number of amides is 3. The quantitative estimate of drug-likeness (QED) is 0.635. The Kier molecular flexibility index (Phi) is 5.87. The Labute approximate surface area is 166 Å². The fourth-order valence-electron chi connectivity index (χ4n) is 2.69. The van der Waals surface area contributed by atoms with Crippen LogP contribution in [-0.2, 0) is 16.1 Å². The Hall–Kier alpha value is -3.75. The van der Waals surface area contributed by atoms with E-state index >= 15 is 0 Å². The van der Waals surface area contributed by atoms with Gasteiger partial charge in [0.05, 0.1) is 16.6 Å². The van der Waals surface area contributed by atoms with E-state index in [-0.39, 0.29) is 17.8 Å². The summed E-state index contributed by atoms with van der Waals surface area (Å²) < 4.78 is 10.3. The van der Waals surface area contributed by atoms with Crippen molar-refractivity contribution in [2.45, 2.75) is 33.4 Å². The van der Waals surface area contributed by atoms with Gasteiger partial charge >= 0.3 is 12.0 Å². The van der Waals surface area contributed by atoms with Gasteiger partial charge in [-0.25, -0.2) is 14.6 Å². The number of carbonyl (C=O) groups excluding carboxylic acids is 3. The number of hydrogen-bond donors (Lipinski definition) is 2. The Morgan fingerprint density at radius 3 is 2.62 bits per heavy atom. The number of aryl methyl sites for hydroxylation is 2. The van der Waals surface area contributed by atoms with Crippen LogP contribution in [0, 0.1) is 13.8 Å². The van der Waals surface area contributed by atoms with E-state index in [9.17, 15) is 14.4 Å². The molecule has 3 aromatic rings. The molecule has 2 N–H and O–H groups in total. The molecule has 0 fully saturated rings. The fraction of sp³-hybridized carbons (Fsp3) is 0.250. The van der Waals surface area contributed by atoms with Gasteiger partial charge in [-0.15, -0.1) is 0 Å². The van der Waals surface area contributed by atoms with E-state index in [1.807, 2.05) is 30.3 Å². The molecule has 0 saturated carbocycles. The SMILES string of the molecule is Cc1cc(C(=O)OC(C)C(=O)NC(=O)NCc2ccccc2)c2c(C)noc2n1. The van der Waals surface area contributed by atoms with Gasteiger partial charge in [-0.05, 0) is 32.4 Å². The van der Waals surface area contributed by atoms with E-state index in [1.54, 1.807) is 13.8 Å². The van der Waals surface area contributed by atoms with Crippen molar-refractivity contribution in [1.82, 2.24) is 20.8 Å². The molecule has 9 nitrogen and oxygen atoms in total. The molecule has 1 unspecified atom stereocenters. The Morgan fingerprint density at radius 2 is 1.90 bits per heavy atom. The van der Waals surface area contributed by atoms with E-state index in [1.165, 1.54) is 13.0 Å². The first kappa shape index (κ1) is 20.0. The van der Waals surface area contributed by atoms with E-state index < -0.39 is 24.0 Å². The van der Waals surface area contributed by atoms with Gasteiger partial charge in [0.15, 0.2) is 6.10 Å².